The number of carbonyl (C=O) groups excluding carboxylic acids is 1. The summed E-state index contributed by atoms with van der Waals surface area (Å²) in [6, 6.07) is 7.40. The van der Waals surface area contributed by atoms with Crippen LogP contribution in [-0.2, 0) is 11.8 Å². The first-order valence-electron chi connectivity index (χ1n) is 5.96. The number of aromatic nitrogens is 2. The summed E-state index contributed by atoms with van der Waals surface area (Å²) in [7, 11) is 1.82. The van der Waals surface area contributed by atoms with Crippen molar-refractivity contribution >= 4 is 17.4 Å². The van der Waals surface area contributed by atoms with Crippen molar-refractivity contribution in [2.24, 2.45) is 7.05 Å². The zero-order chi connectivity index (χ0) is 13.6. The maximum absolute atomic E-state index is 11.6. The largest absolute Gasteiger partial charge is 0.479 e. The molecular weight excluding hydrogens is 244 g/mol. The van der Waals surface area contributed by atoms with Gasteiger partial charge in [0.2, 0.25) is 0 Å². The maximum atomic E-state index is 11.6. The van der Waals surface area contributed by atoms with E-state index in [0.29, 0.717) is 17.3 Å². The number of rotatable bonds is 1. The maximum Gasteiger partial charge on any atom is 0.265 e. The van der Waals surface area contributed by atoms with Gasteiger partial charge in [0.25, 0.3) is 5.91 Å². The zero-order valence-corrected chi connectivity index (χ0v) is 10.7. The van der Waals surface area contributed by atoms with Crippen molar-refractivity contribution < 1.29 is 9.53 Å². The minimum absolute atomic E-state index is 0.144. The molecule has 1 aliphatic rings. The van der Waals surface area contributed by atoms with Crippen LogP contribution in [-0.4, -0.2) is 21.8 Å². The number of hydrogen-bond donors (Lipinski definition) is 2. The number of amides is 1. The molecule has 6 heteroatoms. The number of hydrogen-bond acceptors (Lipinski definition) is 4. The summed E-state index contributed by atoms with van der Waals surface area (Å²) in [4.78, 5) is 11.6. The predicted octanol–water partition coefficient (Wildman–Crippen LogP) is 1.39. The average molecular weight is 258 g/mol. The molecule has 6 nitrogen and oxygen atoms in total. The number of fused-ring (bicyclic) bond motifs is 1. The summed E-state index contributed by atoms with van der Waals surface area (Å²) in [5.74, 6) is 0.990. The van der Waals surface area contributed by atoms with Crippen molar-refractivity contribution in [1.82, 2.24) is 9.78 Å². The van der Waals surface area contributed by atoms with Crippen LogP contribution in [0.4, 0.5) is 11.5 Å². The average Bonchev–Trinajstić information content (AvgIpc) is 2.69. The van der Waals surface area contributed by atoms with Crippen LogP contribution in [0.25, 0.3) is 11.3 Å². The second-order valence-corrected chi connectivity index (χ2v) is 4.54. The third kappa shape index (κ3) is 1.91. The molecule has 3 N–H and O–H groups in total. The first-order valence-corrected chi connectivity index (χ1v) is 5.96. The fraction of sp³-hybridized carbons (Fsp3) is 0.231. The predicted molar refractivity (Wildman–Crippen MR) is 71.8 cm³/mol. The van der Waals surface area contributed by atoms with E-state index in [0.717, 1.165) is 11.3 Å². The SMILES string of the molecule is CC1Oc2ccc(-c3cc(N)nn3C)cc2NC1=O. The van der Waals surface area contributed by atoms with Gasteiger partial charge in [-0.15, -0.1) is 0 Å². The van der Waals surface area contributed by atoms with E-state index in [1.807, 2.05) is 25.2 Å². The first-order chi connectivity index (χ1) is 9.04. The van der Waals surface area contributed by atoms with E-state index in [2.05, 4.69) is 10.4 Å². The Kier molecular flexibility index (Phi) is 2.45. The standard InChI is InChI=1S/C13H14N4O2/c1-7-13(18)15-9-5-8(3-4-11(9)19-7)10-6-12(14)16-17(10)2/h3-7H,1-2H3,(H2,14,16)(H,15,18). The second kappa shape index (κ2) is 4.01. The monoisotopic (exact) mass is 258 g/mol. The van der Waals surface area contributed by atoms with Gasteiger partial charge in [0.1, 0.15) is 11.6 Å². The summed E-state index contributed by atoms with van der Waals surface area (Å²) >= 11 is 0. The number of aryl methyl sites for hydroxylation is 1. The molecule has 1 amide bonds. The van der Waals surface area contributed by atoms with Crippen LogP contribution < -0.4 is 15.8 Å². The third-order valence-corrected chi connectivity index (χ3v) is 3.10. The Balaban J connectivity index is 2.05. The normalized spacial score (nSPS) is 17.6. The van der Waals surface area contributed by atoms with Gasteiger partial charge in [-0.25, -0.2) is 0 Å². The molecule has 0 bridgehead atoms. The third-order valence-electron chi connectivity index (χ3n) is 3.10. The first kappa shape index (κ1) is 11.6. The minimum Gasteiger partial charge on any atom is -0.479 e. The molecule has 1 aromatic heterocycles. The van der Waals surface area contributed by atoms with Crippen LogP contribution in [0.3, 0.4) is 0 Å². The van der Waals surface area contributed by atoms with Crippen molar-refractivity contribution in [2.75, 3.05) is 11.1 Å². The lowest BCUT2D eigenvalue weighted by atomic mass is 10.1. The lowest BCUT2D eigenvalue weighted by molar-refractivity contribution is -0.122. The van der Waals surface area contributed by atoms with Gasteiger partial charge in [-0.05, 0) is 25.1 Å². The van der Waals surface area contributed by atoms with Gasteiger partial charge in [0.15, 0.2) is 6.10 Å². The number of benzene rings is 1. The quantitative estimate of drug-likeness (QED) is 0.809. The highest BCUT2D eigenvalue weighted by Crippen LogP contribution is 2.34. The molecule has 0 saturated heterocycles. The van der Waals surface area contributed by atoms with Crippen LogP contribution >= 0.6 is 0 Å². The van der Waals surface area contributed by atoms with Gasteiger partial charge in [-0.3, -0.25) is 9.48 Å². The van der Waals surface area contributed by atoms with Crippen molar-refractivity contribution in [3.8, 4) is 17.0 Å². The number of nitrogens with two attached hydrogens (primary N) is 1. The molecule has 98 valence electrons. The van der Waals surface area contributed by atoms with Gasteiger partial charge < -0.3 is 15.8 Å². The smallest absolute Gasteiger partial charge is 0.265 e. The summed E-state index contributed by atoms with van der Waals surface area (Å²) < 4.78 is 7.21. The molecule has 1 aromatic carbocycles. The van der Waals surface area contributed by atoms with Crippen LogP contribution in [0.15, 0.2) is 24.3 Å². The van der Waals surface area contributed by atoms with Crippen LogP contribution in [0.2, 0.25) is 0 Å². The van der Waals surface area contributed by atoms with E-state index < -0.39 is 6.10 Å². The molecule has 0 aliphatic carbocycles. The van der Waals surface area contributed by atoms with Gasteiger partial charge >= 0.3 is 0 Å². The van der Waals surface area contributed by atoms with Crippen molar-refractivity contribution in [1.29, 1.82) is 0 Å². The molecule has 2 heterocycles. The molecule has 1 aliphatic heterocycles. The van der Waals surface area contributed by atoms with E-state index in [1.165, 1.54) is 0 Å². The molecule has 19 heavy (non-hydrogen) atoms. The zero-order valence-electron chi connectivity index (χ0n) is 10.7. The molecule has 0 spiro atoms. The Hall–Kier alpha value is -2.50. The Morgan fingerprint density at radius 2 is 2.21 bits per heavy atom. The Morgan fingerprint density at radius 1 is 1.42 bits per heavy atom. The van der Waals surface area contributed by atoms with E-state index in [-0.39, 0.29) is 5.91 Å². The van der Waals surface area contributed by atoms with Crippen LogP contribution in [0, 0.1) is 0 Å². The summed E-state index contributed by atoms with van der Waals surface area (Å²) in [6.45, 7) is 1.72. The summed E-state index contributed by atoms with van der Waals surface area (Å²) in [6.07, 6.45) is -0.467. The molecule has 1 atom stereocenters. The lowest BCUT2D eigenvalue weighted by Gasteiger charge is -2.23. The second-order valence-electron chi connectivity index (χ2n) is 4.54. The van der Waals surface area contributed by atoms with E-state index in [1.54, 1.807) is 17.7 Å². The molecular formula is C13H14N4O2. The van der Waals surface area contributed by atoms with Gasteiger partial charge in [0.05, 0.1) is 11.4 Å². The summed E-state index contributed by atoms with van der Waals surface area (Å²) in [5.41, 5.74) is 8.14. The minimum atomic E-state index is -0.467. The molecule has 1 unspecified atom stereocenters. The van der Waals surface area contributed by atoms with E-state index in [4.69, 9.17) is 10.5 Å². The summed E-state index contributed by atoms with van der Waals surface area (Å²) in [5, 5.41) is 6.92. The van der Waals surface area contributed by atoms with Gasteiger partial charge in [-0.2, -0.15) is 5.10 Å². The fourth-order valence-electron chi connectivity index (χ4n) is 2.13. The van der Waals surface area contributed by atoms with Crippen molar-refractivity contribution in [3.63, 3.8) is 0 Å². The van der Waals surface area contributed by atoms with Gasteiger partial charge in [-0.1, -0.05) is 0 Å². The number of nitrogen functional groups attached to an aromatic ring is 1. The van der Waals surface area contributed by atoms with Gasteiger partial charge in [0, 0.05) is 18.7 Å². The van der Waals surface area contributed by atoms with Crippen molar-refractivity contribution in [3.05, 3.63) is 24.3 Å². The highest BCUT2D eigenvalue weighted by atomic mass is 16.5. The Morgan fingerprint density at radius 3 is 2.89 bits per heavy atom. The molecule has 2 aromatic rings. The van der Waals surface area contributed by atoms with Crippen LogP contribution in [0.5, 0.6) is 5.75 Å². The topological polar surface area (TPSA) is 82.2 Å². The Bertz CT molecular complexity index is 663. The number of nitrogens with one attached hydrogen (secondary N) is 1. The lowest BCUT2D eigenvalue weighted by Crippen LogP contribution is -2.34. The molecule has 0 saturated carbocycles. The molecule has 0 fully saturated rings. The number of ether oxygens (including phenoxy) is 1. The highest BCUT2D eigenvalue weighted by Gasteiger charge is 2.23. The highest BCUT2D eigenvalue weighted by molar-refractivity contribution is 5.98. The van der Waals surface area contributed by atoms with Crippen LogP contribution in [0.1, 0.15) is 6.92 Å². The molecule has 0 radical (unpaired) electrons. The van der Waals surface area contributed by atoms with E-state index in [9.17, 15) is 4.79 Å². The molecule has 3 rings (SSSR count). The number of carbonyl (C=O) groups is 1. The number of nitrogens with zero attached hydrogens (tertiary/aromatic N) is 2. The van der Waals surface area contributed by atoms with E-state index >= 15 is 0 Å². The number of anilines is 2. The van der Waals surface area contributed by atoms with Crippen molar-refractivity contribution in [2.45, 2.75) is 13.0 Å². The Labute approximate surface area is 110 Å². The fourth-order valence-corrected chi connectivity index (χ4v) is 2.13.